The molecule has 0 fully saturated rings. The molecule has 2 aromatic carbocycles. The highest BCUT2D eigenvalue weighted by Crippen LogP contribution is 2.18. The molecule has 0 atom stereocenters. The number of aromatic nitrogens is 2. The Bertz CT molecular complexity index is 907. The van der Waals surface area contributed by atoms with E-state index in [1.54, 1.807) is 0 Å². The van der Waals surface area contributed by atoms with Crippen molar-refractivity contribution in [1.82, 2.24) is 9.55 Å². The van der Waals surface area contributed by atoms with Crippen molar-refractivity contribution < 1.29 is 4.79 Å². The summed E-state index contributed by atoms with van der Waals surface area (Å²) in [6.45, 7) is 9.30. The third kappa shape index (κ3) is 4.64. The van der Waals surface area contributed by atoms with Gasteiger partial charge in [0.1, 0.15) is 5.82 Å². The highest BCUT2D eigenvalue weighted by molar-refractivity contribution is 6.04. The summed E-state index contributed by atoms with van der Waals surface area (Å²) in [5, 5.41) is 3.00. The molecule has 0 unspecified atom stereocenters. The van der Waals surface area contributed by atoms with Crippen LogP contribution in [0.15, 0.2) is 60.9 Å². The van der Waals surface area contributed by atoms with E-state index in [1.165, 1.54) is 5.56 Å². The van der Waals surface area contributed by atoms with E-state index in [0.717, 1.165) is 23.6 Å². The van der Waals surface area contributed by atoms with Gasteiger partial charge in [-0.15, -0.1) is 0 Å². The summed E-state index contributed by atoms with van der Waals surface area (Å²) in [5.74, 6) is 1.80. The molecular weight excluding hydrogens is 334 g/mol. The second-order valence-corrected chi connectivity index (χ2v) is 7.50. The summed E-state index contributed by atoms with van der Waals surface area (Å²) in [4.78, 5) is 17.0. The lowest BCUT2D eigenvalue weighted by Gasteiger charge is -2.12. The molecule has 4 heteroatoms. The van der Waals surface area contributed by atoms with Crippen molar-refractivity contribution >= 4 is 11.6 Å². The van der Waals surface area contributed by atoms with Gasteiger partial charge in [-0.2, -0.15) is 0 Å². The minimum Gasteiger partial charge on any atom is -0.330 e. The molecule has 0 radical (unpaired) electrons. The molecule has 0 saturated carbocycles. The fourth-order valence-corrected chi connectivity index (χ4v) is 3.12. The van der Waals surface area contributed by atoms with Gasteiger partial charge in [-0.25, -0.2) is 4.98 Å². The molecule has 0 bridgehead atoms. The Hall–Kier alpha value is -2.88. The summed E-state index contributed by atoms with van der Waals surface area (Å²) in [6.07, 6.45) is 3.83. The second-order valence-electron chi connectivity index (χ2n) is 7.50. The Morgan fingerprint density at radius 1 is 1.04 bits per heavy atom. The SMILES string of the molecule is CC(C)c1ccc(C(=O)Nc2cccc(Cn3ccnc3C(C)C)c2)cc1. The molecule has 4 nitrogen and oxygen atoms in total. The summed E-state index contributed by atoms with van der Waals surface area (Å²) >= 11 is 0. The maximum Gasteiger partial charge on any atom is 0.255 e. The Morgan fingerprint density at radius 3 is 2.44 bits per heavy atom. The van der Waals surface area contributed by atoms with E-state index in [4.69, 9.17) is 0 Å². The highest BCUT2D eigenvalue weighted by atomic mass is 16.1. The summed E-state index contributed by atoms with van der Waals surface area (Å²) in [6, 6.07) is 15.8. The molecule has 0 aliphatic carbocycles. The zero-order valence-corrected chi connectivity index (χ0v) is 16.4. The number of nitrogens with zero attached hydrogens (tertiary/aromatic N) is 2. The van der Waals surface area contributed by atoms with Crippen LogP contribution in [0.5, 0.6) is 0 Å². The minimum absolute atomic E-state index is 0.0899. The molecule has 3 rings (SSSR count). The van der Waals surface area contributed by atoms with Gasteiger partial charge in [-0.05, 0) is 41.3 Å². The summed E-state index contributed by atoms with van der Waals surface area (Å²) in [7, 11) is 0. The van der Waals surface area contributed by atoms with E-state index in [2.05, 4.69) is 48.6 Å². The predicted octanol–water partition coefficient (Wildman–Crippen LogP) is 5.43. The van der Waals surface area contributed by atoms with E-state index < -0.39 is 0 Å². The smallest absolute Gasteiger partial charge is 0.255 e. The Kier molecular flexibility index (Phi) is 5.75. The van der Waals surface area contributed by atoms with Crippen molar-refractivity contribution in [3.8, 4) is 0 Å². The van der Waals surface area contributed by atoms with Gasteiger partial charge in [0.2, 0.25) is 0 Å². The van der Waals surface area contributed by atoms with Crippen molar-refractivity contribution in [1.29, 1.82) is 0 Å². The molecule has 3 aromatic rings. The van der Waals surface area contributed by atoms with Gasteiger partial charge < -0.3 is 9.88 Å². The standard InChI is InChI=1S/C23H27N3O/c1-16(2)19-8-10-20(11-9-19)23(27)25-21-7-5-6-18(14-21)15-26-13-12-24-22(26)17(3)4/h5-14,16-17H,15H2,1-4H3,(H,25,27). The van der Waals surface area contributed by atoms with Crippen LogP contribution in [-0.2, 0) is 6.54 Å². The zero-order chi connectivity index (χ0) is 19.4. The van der Waals surface area contributed by atoms with Crippen molar-refractivity contribution in [3.63, 3.8) is 0 Å². The van der Waals surface area contributed by atoms with E-state index in [9.17, 15) is 4.79 Å². The number of amides is 1. The third-order valence-corrected chi connectivity index (χ3v) is 4.64. The maximum absolute atomic E-state index is 12.5. The quantitative estimate of drug-likeness (QED) is 0.636. The molecule has 0 aliphatic heterocycles. The van der Waals surface area contributed by atoms with Crippen LogP contribution in [0.3, 0.4) is 0 Å². The number of carbonyl (C=O) groups excluding carboxylic acids is 1. The largest absolute Gasteiger partial charge is 0.330 e. The van der Waals surface area contributed by atoms with Crippen molar-refractivity contribution in [2.75, 3.05) is 5.32 Å². The zero-order valence-electron chi connectivity index (χ0n) is 16.4. The first-order chi connectivity index (χ1) is 12.9. The summed E-state index contributed by atoms with van der Waals surface area (Å²) in [5.41, 5.74) is 3.83. The number of nitrogens with one attached hydrogen (secondary N) is 1. The Labute approximate surface area is 161 Å². The van der Waals surface area contributed by atoms with Gasteiger partial charge in [0, 0.05) is 36.1 Å². The Balaban J connectivity index is 1.71. The van der Waals surface area contributed by atoms with Gasteiger partial charge in [0.25, 0.3) is 5.91 Å². The maximum atomic E-state index is 12.5. The first kappa shape index (κ1) is 18.9. The molecule has 27 heavy (non-hydrogen) atoms. The van der Waals surface area contributed by atoms with Gasteiger partial charge >= 0.3 is 0 Å². The lowest BCUT2D eigenvalue weighted by atomic mass is 10.0. The monoisotopic (exact) mass is 361 g/mol. The number of benzene rings is 2. The van der Waals surface area contributed by atoms with Crippen molar-refractivity contribution in [2.24, 2.45) is 0 Å². The third-order valence-electron chi connectivity index (χ3n) is 4.64. The van der Waals surface area contributed by atoms with Gasteiger partial charge in [-0.1, -0.05) is 52.0 Å². The number of carbonyl (C=O) groups is 1. The van der Waals surface area contributed by atoms with Crippen LogP contribution in [0.2, 0.25) is 0 Å². The van der Waals surface area contributed by atoms with Gasteiger partial charge in [0.15, 0.2) is 0 Å². The van der Waals surface area contributed by atoms with Gasteiger partial charge in [-0.3, -0.25) is 4.79 Å². The average Bonchev–Trinajstić information content (AvgIpc) is 3.10. The lowest BCUT2D eigenvalue weighted by Crippen LogP contribution is -2.12. The van der Waals surface area contributed by atoms with Crippen LogP contribution >= 0.6 is 0 Å². The molecule has 1 heterocycles. The average molecular weight is 361 g/mol. The number of anilines is 1. The van der Waals surface area contributed by atoms with Crippen LogP contribution in [0.4, 0.5) is 5.69 Å². The predicted molar refractivity (Wildman–Crippen MR) is 110 cm³/mol. The Morgan fingerprint density at radius 2 is 1.78 bits per heavy atom. The summed E-state index contributed by atoms with van der Waals surface area (Å²) < 4.78 is 2.15. The topological polar surface area (TPSA) is 46.9 Å². The van der Waals surface area contributed by atoms with Crippen LogP contribution < -0.4 is 5.32 Å². The number of imidazole rings is 1. The van der Waals surface area contributed by atoms with E-state index >= 15 is 0 Å². The van der Waals surface area contributed by atoms with E-state index in [-0.39, 0.29) is 5.91 Å². The first-order valence-electron chi connectivity index (χ1n) is 9.45. The van der Waals surface area contributed by atoms with Crippen molar-refractivity contribution in [3.05, 3.63) is 83.4 Å². The van der Waals surface area contributed by atoms with Crippen molar-refractivity contribution in [2.45, 2.75) is 46.1 Å². The van der Waals surface area contributed by atoms with E-state index in [0.29, 0.717) is 17.4 Å². The number of hydrogen-bond donors (Lipinski definition) is 1. The first-order valence-corrected chi connectivity index (χ1v) is 9.45. The van der Waals surface area contributed by atoms with Crippen LogP contribution in [0.1, 0.15) is 66.8 Å². The fraction of sp³-hybridized carbons (Fsp3) is 0.304. The van der Waals surface area contributed by atoms with Crippen LogP contribution in [0.25, 0.3) is 0 Å². The molecule has 0 aliphatic rings. The lowest BCUT2D eigenvalue weighted by molar-refractivity contribution is 0.102. The molecule has 140 valence electrons. The van der Waals surface area contributed by atoms with Gasteiger partial charge in [0.05, 0.1) is 0 Å². The second kappa shape index (κ2) is 8.21. The molecule has 1 amide bonds. The minimum atomic E-state index is -0.0899. The fourth-order valence-electron chi connectivity index (χ4n) is 3.12. The van der Waals surface area contributed by atoms with Crippen LogP contribution in [-0.4, -0.2) is 15.5 Å². The highest BCUT2D eigenvalue weighted by Gasteiger charge is 2.10. The molecule has 0 spiro atoms. The van der Waals surface area contributed by atoms with Crippen LogP contribution in [0, 0.1) is 0 Å². The molecular formula is C23H27N3O. The molecule has 1 aromatic heterocycles. The number of hydrogen-bond acceptors (Lipinski definition) is 2. The number of rotatable bonds is 6. The molecule has 0 saturated heterocycles. The molecule has 1 N–H and O–H groups in total. The van der Waals surface area contributed by atoms with E-state index in [1.807, 2.05) is 54.9 Å². The normalized spacial score (nSPS) is 11.2.